The number of aromatic nitrogens is 2. The van der Waals surface area contributed by atoms with E-state index in [1.807, 2.05) is 4.90 Å². The van der Waals surface area contributed by atoms with Crippen molar-refractivity contribution in [2.24, 2.45) is 11.7 Å². The lowest BCUT2D eigenvalue weighted by Crippen LogP contribution is -2.40. The van der Waals surface area contributed by atoms with Gasteiger partial charge in [-0.2, -0.15) is 9.97 Å². The average molecular weight is 474 g/mol. The maximum atomic E-state index is 14.5. The number of likely N-dealkylation sites (tertiary alicyclic amines) is 1. The van der Waals surface area contributed by atoms with Crippen LogP contribution in [0.3, 0.4) is 0 Å². The molecular weight excluding hydrogens is 449 g/mol. The van der Waals surface area contributed by atoms with Crippen LogP contribution in [0.5, 0.6) is 11.8 Å². The fourth-order valence-electron chi connectivity index (χ4n) is 3.83. The van der Waals surface area contributed by atoms with Gasteiger partial charge in [0.1, 0.15) is 11.6 Å². The molecule has 3 aromatic rings. The number of nitrogens with zero attached hydrogens (tertiary/aromatic N) is 3. The molecule has 0 spiro atoms. The highest BCUT2D eigenvalue weighted by Gasteiger charge is 2.21. The van der Waals surface area contributed by atoms with Gasteiger partial charge in [0.05, 0.1) is 36.5 Å². The molecular formula is C23H25ClFN5O3. The third-order valence-corrected chi connectivity index (χ3v) is 5.91. The monoisotopic (exact) mass is 473 g/mol. The van der Waals surface area contributed by atoms with E-state index in [0.717, 1.165) is 25.9 Å². The number of methoxy groups -OCH3 is 1. The Morgan fingerprint density at radius 3 is 2.79 bits per heavy atom. The maximum Gasteiger partial charge on any atom is 0.318 e. The maximum absolute atomic E-state index is 14.5. The van der Waals surface area contributed by atoms with Crippen LogP contribution in [0.25, 0.3) is 10.9 Å². The second-order valence-corrected chi connectivity index (χ2v) is 8.37. The van der Waals surface area contributed by atoms with Crippen molar-refractivity contribution in [3.8, 4) is 11.8 Å². The quantitative estimate of drug-likeness (QED) is 0.513. The molecule has 0 saturated carbocycles. The number of ether oxygens (including phenoxy) is 2. The normalized spacial score (nSPS) is 14.9. The SMILES string of the molecule is COc1ccc2c(Nc3cccc(Cl)c3F)nc(OCC3CCN(CC(N)=O)CC3)nc2c1. The number of benzene rings is 2. The van der Waals surface area contributed by atoms with Crippen molar-refractivity contribution in [1.29, 1.82) is 0 Å². The fraction of sp³-hybridized carbons (Fsp3) is 0.348. The summed E-state index contributed by atoms with van der Waals surface area (Å²) in [4.78, 5) is 22.2. The molecule has 10 heteroatoms. The molecule has 2 aromatic carbocycles. The molecule has 1 amide bonds. The van der Waals surface area contributed by atoms with Gasteiger partial charge in [0.2, 0.25) is 5.91 Å². The van der Waals surface area contributed by atoms with Crippen LogP contribution < -0.4 is 20.5 Å². The molecule has 0 aliphatic carbocycles. The number of primary amides is 1. The molecule has 1 fully saturated rings. The number of carbonyl (C=O) groups is 1. The summed E-state index contributed by atoms with van der Waals surface area (Å²) in [5, 5.41) is 3.71. The number of piperidine rings is 1. The molecule has 0 radical (unpaired) electrons. The number of anilines is 2. The molecule has 0 unspecified atom stereocenters. The number of nitrogens with two attached hydrogens (primary N) is 1. The summed E-state index contributed by atoms with van der Waals surface area (Å²) in [5.41, 5.74) is 6.08. The first-order chi connectivity index (χ1) is 15.9. The van der Waals surface area contributed by atoms with Gasteiger partial charge in [0.25, 0.3) is 0 Å². The van der Waals surface area contributed by atoms with E-state index >= 15 is 0 Å². The van der Waals surface area contributed by atoms with Crippen LogP contribution in [0, 0.1) is 11.7 Å². The Labute approximate surface area is 195 Å². The van der Waals surface area contributed by atoms with Crippen molar-refractivity contribution in [3.05, 3.63) is 47.2 Å². The third-order valence-electron chi connectivity index (χ3n) is 5.62. The second kappa shape index (κ2) is 10.2. The minimum atomic E-state index is -0.565. The van der Waals surface area contributed by atoms with Crippen molar-refractivity contribution in [1.82, 2.24) is 14.9 Å². The largest absolute Gasteiger partial charge is 0.497 e. The zero-order valence-electron chi connectivity index (χ0n) is 18.2. The van der Waals surface area contributed by atoms with E-state index in [0.29, 0.717) is 35.0 Å². The Morgan fingerprint density at radius 1 is 1.27 bits per heavy atom. The molecule has 1 aromatic heterocycles. The van der Waals surface area contributed by atoms with Gasteiger partial charge in [-0.15, -0.1) is 0 Å². The molecule has 0 bridgehead atoms. The van der Waals surface area contributed by atoms with Gasteiger partial charge < -0.3 is 20.5 Å². The number of nitrogens with one attached hydrogen (secondary N) is 1. The average Bonchev–Trinajstić information content (AvgIpc) is 2.80. The third kappa shape index (κ3) is 5.61. The molecule has 1 aliphatic rings. The molecule has 2 heterocycles. The molecule has 0 atom stereocenters. The van der Waals surface area contributed by atoms with Gasteiger partial charge in [0.15, 0.2) is 5.82 Å². The predicted molar refractivity (Wildman–Crippen MR) is 125 cm³/mol. The second-order valence-electron chi connectivity index (χ2n) is 7.96. The van der Waals surface area contributed by atoms with E-state index in [9.17, 15) is 9.18 Å². The molecule has 33 heavy (non-hydrogen) atoms. The van der Waals surface area contributed by atoms with E-state index < -0.39 is 5.82 Å². The summed E-state index contributed by atoms with van der Waals surface area (Å²) in [5.74, 6) is 0.454. The summed E-state index contributed by atoms with van der Waals surface area (Å²) in [6, 6.07) is 10.3. The van der Waals surface area contributed by atoms with Crippen molar-refractivity contribution in [2.75, 3.05) is 38.7 Å². The van der Waals surface area contributed by atoms with Crippen LogP contribution in [0.4, 0.5) is 15.9 Å². The number of rotatable bonds is 8. The van der Waals surface area contributed by atoms with Crippen molar-refractivity contribution < 1.29 is 18.7 Å². The predicted octanol–water partition coefficient (Wildman–Crippen LogP) is 3.75. The number of amides is 1. The number of halogens is 2. The topological polar surface area (TPSA) is 103 Å². The Kier molecular flexibility index (Phi) is 7.10. The van der Waals surface area contributed by atoms with Crippen LogP contribution >= 0.6 is 11.6 Å². The van der Waals surface area contributed by atoms with Crippen molar-refractivity contribution in [3.63, 3.8) is 0 Å². The van der Waals surface area contributed by atoms with Crippen molar-refractivity contribution >= 4 is 39.9 Å². The first-order valence-electron chi connectivity index (χ1n) is 10.6. The lowest BCUT2D eigenvalue weighted by molar-refractivity contribution is -0.119. The summed E-state index contributed by atoms with van der Waals surface area (Å²) in [6.45, 7) is 2.28. The van der Waals surface area contributed by atoms with Crippen LogP contribution in [-0.2, 0) is 4.79 Å². The zero-order valence-corrected chi connectivity index (χ0v) is 18.9. The Bertz CT molecular complexity index is 1150. The lowest BCUT2D eigenvalue weighted by atomic mass is 9.98. The minimum Gasteiger partial charge on any atom is -0.497 e. The van der Waals surface area contributed by atoms with E-state index in [1.165, 1.54) is 6.07 Å². The highest BCUT2D eigenvalue weighted by atomic mass is 35.5. The summed E-state index contributed by atoms with van der Waals surface area (Å²) >= 11 is 5.92. The summed E-state index contributed by atoms with van der Waals surface area (Å²) < 4.78 is 25.7. The molecule has 1 saturated heterocycles. The standard InChI is InChI=1S/C23H25ClFN5O3/c1-32-15-5-6-16-19(11-15)28-23(29-22(16)27-18-4-2-3-17(24)21(18)25)33-13-14-7-9-30(10-8-14)12-20(26)31/h2-6,11,14H,7-10,12-13H2,1H3,(H2,26,31)(H,27,28,29). The van der Waals surface area contributed by atoms with Gasteiger partial charge in [0, 0.05) is 11.5 Å². The summed E-state index contributed by atoms with van der Waals surface area (Å²) in [6.07, 6.45) is 1.76. The zero-order chi connectivity index (χ0) is 23.4. The molecule has 4 rings (SSSR count). The molecule has 1 aliphatic heterocycles. The van der Waals surface area contributed by atoms with Gasteiger partial charge >= 0.3 is 6.01 Å². The molecule has 174 valence electrons. The van der Waals surface area contributed by atoms with Crippen LogP contribution in [0.1, 0.15) is 12.8 Å². The lowest BCUT2D eigenvalue weighted by Gasteiger charge is -2.30. The van der Waals surface area contributed by atoms with Crippen LogP contribution in [-0.4, -0.2) is 54.1 Å². The van der Waals surface area contributed by atoms with Crippen LogP contribution in [0.2, 0.25) is 5.02 Å². The first-order valence-corrected chi connectivity index (χ1v) is 11.0. The van der Waals surface area contributed by atoms with Crippen LogP contribution in [0.15, 0.2) is 36.4 Å². The first kappa shape index (κ1) is 23.0. The number of fused-ring (bicyclic) bond motifs is 1. The minimum absolute atomic E-state index is 0.0131. The van der Waals surface area contributed by atoms with Gasteiger partial charge in [-0.25, -0.2) is 4.39 Å². The van der Waals surface area contributed by atoms with Gasteiger partial charge in [-0.3, -0.25) is 9.69 Å². The van der Waals surface area contributed by atoms with Crippen molar-refractivity contribution in [2.45, 2.75) is 12.8 Å². The smallest absolute Gasteiger partial charge is 0.318 e. The number of hydrogen-bond donors (Lipinski definition) is 2. The van der Waals surface area contributed by atoms with E-state index in [1.54, 1.807) is 37.4 Å². The summed E-state index contributed by atoms with van der Waals surface area (Å²) in [7, 11) is 1.57. The Hall–Kier alpha value is -3.17. The number of carbonyl (C=O) groups excluding carboxylic acids is 1. The molecule has 8 nitrogen and oxygen atoms in total. The van der Waals surface area contributed by atoms with Gasteiger partial charge in [-0.05, 0) is 56.1 Å². The van der Waals surface area contributed by atoms with Gasteiger partial charge in [-0.1, -0.05) is 17.7 Å². The van der Waals surface area contributed by atoms with E-state index in [-0.39, 0.29) is 29.2 Å². The number of hydrogen-bond acceptors (Lipinski definition) is 7. The fourth-order valence-corrected chi connectivity index (χ4v) is 4.00. The van der Waals surface area contributed by atoms with E-state index in [2.05, 4.69) is 15.3 Å². The molecule has 3 N–H and O–H groups in total. The Morgan fingerprint density at radius 2 is 2.06 bits per heavy atom. The highest BCUT2D eigenvalue weighted by molar-refractivity contribution is 6.31. The highest BCUT2D eigenvalue weighted by Crippen LogP contribution is 2.31. The van der Waals surface area contributed by atoms with E-state index in [4.69, 9.17) is 26.8 Å². The Balaban J connectivity index is 1.54.